The van der Waals surface area contributed by atoms with Gasteiger partial charge in [-0.3, -0.25) is 9.58 Å². The number of fused-ring (bicyclic) bond motifs is 1. The summed E-state index contributed by atoms with van der Waals surface area (Å²) in [5.74, 6) is -0.303. The van der Waals surface area contributed by atoms with Gasteiger partial charge in [-0.1, -0.05) is 17.7 Å². The first kappa shape index (κ1) is 15.4. The highest BCUT2D eigenvalue weighted by molar-refractivity contribution is 6.31. The minimum Gasteiger partial charge on any atom is -0.393 e. The van der Waals surface area contributed by atoms with E-state index < -0.39 is 6.10 Å². The number of hydrogen-bond acceptors (Lipinski definition) is 4. The Hall–Kier alpha value is -1.47. The maximum atomic E-state index is 13.9. The zero-order valence-electron chi connectivity index (χ0n) is 11.9. The van der Waals surface area contributed by atoms with Crippen LogP contribution in [0.2, 0.25) is 5.02 Å². The van der Waals surface area contributed by atoms with Crippen LogP contribution in [0.5, 0.6) is 0 Å². The largest absolute Gasteiger partial charge is 0.393 e. The van der Waals surface area contributed by atoms with Crippen molar-refractivity contribution < 1.29 is 14.6 Å². The van der Waals surface area contributed by atoms with Crippen molar-refractivity contribution in [3.05, 3.63) is 52.1 Å². The van der Waals surface area contributed by atoms with E-state index in [-0.39, 0.29) is 12.4 Å². The van der Waals surface area contributed by atoms with Gasteiger partial charge in [0.2, 0.25) is 0 Å². The van der Waals surface area contributed by atoms with E-state index in [1.54, 1.807) is 18.2 Å². The van der Waals surface area contributed by atoms with Crippen LogP contribution < -0.4 is 0 Å². The summed E-state index contributed by atoms with van der Waals surface area (Å²) < 4.78 is 15.7. The number of aliphatic hydroxyl groups is 2. The van der Waals surface area contributed by atoms with Crippen LogP contribution in [0, 0.1) is 5.82 Å². The zero-order chi connectivity index (χ0) is 15.7. The summed E-state index contributed by atoms with van der Waals surface area (Å²) >= 11 is 6.07. The maximum absolute atomic E-state index is 13.9. The molecule has 1 aromatic heterocycles. The first-order valence-corrected chi connectivity index (χ1v) is 7.47. The van der Waals surface area contributed by atoms with E-state index in [1.807, 2.05) is 4.68 Å². The SMILES string of the molecule is OCC(O)c1cc2n(n1)CCN(Cc1c(F)cccc1Cl)C2. The lowest BCUT2D eigenvalue weighted by Crippen LogP contribution is -2.33. The molecule has 1 aliphatic heterocycles. The summed E-state index contributed by atoms with van der Waals surface area (Å²) in [6.07, 6.45) is -0.965. The van der Waals surface area contributed by atoms with Crippen molar-refractivity contribution in [3.63, 3.8) is 0 Å². The lowest BCUT2D eigenvalue weighted by Gasteiger charge is -2.27. The second-order valence-electron chi connectivity index (χ2n) is 5.39. The number of aromatic nitrogens is 2. The molecule has 0 bridgehead atoms. The van der Waals surface area contributed by atoms with Crippen molar-refractivity contribution in [2.75, 3.05) is 13.2 Å². The summed E-state index contributed by atoms with van der Waals surface area (Å²) in [7, 11) is 0. The van der Waals surface area contributed by atoms with Gasteiger partial charge in [0.15, 0.2) is 0 Å². The fourth-order valence-electron chi connectivity index (χ4n) is 2.64. The molecule has 0 saturated carbocycles. The van der Waals surface area contributed by atoms with Gasteiger partial charge >= 0.3 is 0 Å². The highest BCUT2D eigenvalue weighted by Gasteiger charge is 2.22. The highest BCUT2D eigenvalue weighted by atomic mass is 35.5. The van der Waals surface area contributed by atoms with E-state index in [0.29, 0.717) is 42.5 Å². The van der Waals surface area contributed by atoms with Gasteiger partial charge in [-0.15, -0.1) is 0 Å². The minimum absolute atomic E-state index is 0.303. The molecule has 1 aromatic carbocycles. The molecule has 0 spiro atoms. The van der Waals surface area contributed by atoms with Gasteiger partial charge in [0.25, 0.3) is 0 Å². The number of rotatable bonds is 4. The summed E-state index contributed by atoms with van der Waals surface area (Å²) in [5, 5.41) is 23.3. The molecule has 0 amide bonds. The molecule has 118 valence electrons. The second-order valence-corrected chi connectivity index (χ2v) is 5.80. The average molecular weight is 326 g/mol. The van der Waals surface area contributed by atoms with Crippen molar-refractivity contribution in [2.45, 2.75) is 25.7 Å². The fraction of sp³-hybridized carbons (Fsp3) is 0.400. The molecule has 1 unspecified atom stereocenters. The van der Waals surface area contributed by atoms with Crippen LogP contribution >= 0.6 is 11.6 Å². The first-order valence-electron chi connectivity index (χ1n) is 7.09. The van der Waals surface area contributed by atoms with Gasteiger partial charge in [-0.2, -0.15) is 5.10 Å². The monoisotopic (exact) mass is 325 g/mol. The van der Waals surface area contributed by atoms with E-state index in [0.717, 1.165) is 5.69 Å². The first-order chi connectivity index (χ1) is 10.6. The molecule has 3 rings (SSSR count). The van der Waals surface area contributed by atoms with Gasteiger partial charge in [-0.05, 0) is 18.2 Å². The van der Waals surface area contributed by atoms with Gasteiger partial charge < -0.3 is 10.2 Å². The maximum Gasteiger partial charge on any atom is 0.129 e. The molecule has 7 heteroatoms. The summed E-state index contributed by atoms with van der Waals surface area (Å²) in [5.41, 5.74) is 1.89. The quantitative estimate of drug-likeness (QED) is 0.898. The van der Waals surface area contributed by atoms with Crippen LogP contribution in [0.15, 0.2) is 24.3 Å². The predicted octanol–water partition coefficient (Wildman–Crippen LogP) is 1.72. The highest BCUT2D eigenvalue weighted by Crippen LogP contribution is 2.24. The second kappa shape index (κ2) is 6.34. The number of benzene rings is 1. The minimum atomic E-state index is -0.965. The summed E-state index contributed by atoms with van der Waals surface area (Å²) in [6, 6.07) is 6.46. The van der Waals surface area contributed by atoms with Crippen LogP contribution in [0.4, 0.5) is 4.39 Å². The smallest absolute Gasteiger partial charge is 0.129 e. The molecule has 0 aliphatic carbocycles. The third-order valence-electron chi connectivity index (χ3n) is 3.85. The number of nitrogens with zero attached hydrogens (tertiary/aromatic N) is 3. The predicted molar refractivity (Wildman–Crippen MR) is 79.8 cm³/mol. The van der Waals surface area contributed by atoms with Gasteiger partial charge in [0.05, 0.1) is 24.5 Å². The van der Waals surface area contributed by atoms with Gasteiger partial charge in [-0.25, -0.2) is 4.39 Å². The van der Waals surface area contributed by atoms with Crippen LogP contribution in [0.1, 0.15) is 23.1 Å². The molecule has 2 heterocycles. The lowest BCUT2D eigenvalue weighted by molar-refractivity contribution is 0.0915. The van der Waals surface area contributed by atoms with Crippen LogP contribution in [0.25, 0.3) is 0 Å². The number of aliphatic hydroxyl groups excluding tert-OH is 2. The molecule has 0 fully saturated rings. The Morgan fingerprint density at radius 2 is 2.18 bits per heavy atom. The zero-order valence-corrected chi connectivity index (χ0v) is 12.7. The Kier molecular flexibility index (Phi) is 4.44. The lowest BCUT2D eigenvalue weighted by atomic mass is 10.1. The van der Waals surface area contributed by atoms with Gasteiger partial charge in [0, 0.05) is 30.2 Å². The van der Waals surface area contributed by atoms with E-state index in [4.69, 9.17) is 16.7 Å². The average Bonchev–Trinajstić information content (AvgIpc) is 2.93. The number of hydrogen-bond donors (Lipinski definition) is 2. The Morgan fingerprint density at radius 3 is 2.91 bits per heavy atom. The Balaban J connectivity index is 1.76. The summed E-state index contributed by atoms with van der Waals surface area (Å²) in [6.45, 7) is 2.03. The molecular formula is C15H17ClFN3O2. The Labute approximate surface area is 132 Å². The molecule has 22 heavy (non-hydrogen) atoms. The van der Waals surface area contributed by atoms with Crippen LogP contribution in [0.3, 0.4) is 0 Å². The Bertz CT molecular complexity index is 657. The standard InChI is InChI=1S/C15H17ClFN3O2/c16-12-2-1-3-13(17)11(12)8-19-4-5-20-10(7-19)6-14(18-20)15(22)9-21/h1-3,6,15,21-22H,4-5,7-9H2. The van der Waals surface area contributed by atoms with Crippen molar-refractivity contribution in [1.29, 1.82) is 0 Å². The Morgan fingerprint density at radius 1 is 1.36 bits per heavy atom. The van der Waals surface area contributed by atoms with E-state index in [1.165, 1.54) is 6.07 Å². The normalized spacial score (nSPS) is 16.5. The molecule has 2 aromatic rings. The van der Waals surface area contributed by atoms with Gasteiger partial charge in [0.1, 0.15) is 11.9 Å². The molecule has 2 N–H and O–H groups in total. The summed E-state index contributed by atoms with van der Waals surface area (Å²) in [4.78, 5) is 2.08. The van der Waals surface area contributed by atoms with Crippen LogP contribution in [-0.4, -0.2) is 38.0 Å². The third kappa shape index (κ3) is 3.01. The van der Waals surface area contributed by atoms with Crippen molar-refractivity contribution >= 4 is 11.6 Å². The molecular weight excluding hydrogens is 309 g/mol. The molecule has 5 nitrogen and oxygen atoms in total. The van der Waals surface area contributed by atoms with E-state index in [2.05, 4.69) is 10.00 Å². The van der Waals surface area contributed by atoms with Crippen molar-refractivity contribution in [1.82, 2.24) is 14.7 Å². The molecule has 1 atom stereocenters. The van der Waals surface area contributed by atoms with E-state index in [9.17, 15) is 9.50 Å². The topological polar surface area (TPSA) is 61.5 Å². The van der Waals surface area contributed by atoms with Crippen LogP contribution in [-0.2, 0) is 19.6 Å². The van der Waals surface area contributed by atoms with Crippen molar-refractivity contribution in [2.24, 2.45) is 0 Å². The molecule has 0 radical (unpaired) electrons. The fourth-order valence-corrected chi connectivity index (χ4v) is 2.86. The third-order valence-corrected chi connectivity index (χ3v) is 4.21. The molecule has 1 aliphatic rings. The number of halogens is 2. The van der Waals surface area contributed by atoms with Crippen molar-refractivity contribution in [3.8, 4) is 0 Å². The van der Waals surface area contributed by atoms with E-state index >= 15 is 0 Å². The molecule has 0 saturated heterocycles.